The van der Waals surface area contributed by atoms with Crippen LogP contribution in [0.4, 0.5) is 0 Å². The highest BCUT2D eigenvalue weighted by atomic mass is 16.5. The van der Waals surface area contributed by atoms with Crippen LogP contribution < -0.4 is 0 Å². The van der Waals surface area contributed by atoms with E-state index >= 15 is 0 Å². The van der Waals surface area contributed by atoms with Crippen LogP contribution >= 0.6 is 0 Å². The molecule has 1 heterocycles. The zero-order valence-electron chi connectivity index (χ0n) is 9.88. The van der Waals surface area contributed by atoms with Crippen molar-refractivity contribution in [2.45, 2.75) is 26.8 Å². The summed E-state index contributed by atoms with van der Waals surface area (Å²) in [4.78, 5) is 15.0. The third-order valence-corrected chi connectivity index (χ3v) is 1.94. The molecule has 0 aliphatic rings. The number of carbonyl (C=O) groups excluding carboxylic acids is 1. The van der Waals surface area contributed by atoms with Gasteiger partial charge in [-0.1, -0.05) is 0 Å². The van der Waals surface area contributed by atoms with Gasteiger partial charge in [0.25, 0.3) is 0 Å². The minimum Gasteiger partial charge on any atom is -0.465 e. The first-order chi connectivity index (χ1) is 7.65. The Hall–Kier alpha value is -1.65. The molecule has 0 fully saturated rings. The van der Waals surface area contributed by atoms with Crippen LogP contribution in [0.15, 0.2) is 17.3 Å². The molecule has 1 aromatic heterocycles. The predicted molar refractivity (Wildman–Crippen MR) is 61.7 cm³/mol. The maximum absolute atomic E-state index is 11.0. The minimum atomic E-state index is -0.311. The molecular formula is C11H17N3O2. The predicted octanol–water partition coefficient (Wildman–Crippen LogP) is 1.45. The Bertz CT molecular complexity index is 369. The normalized spacial score (nSPS) is 11.2. The van der Waals surface area contributed by atoms with E-state index in [2.05, 4.69) is 10.1 Å². The average Bonchev–Trinajstić information content (AvgIpc) is 2.66. The van der Waals surface area contributed by atoms with Crippen LogP contribution in [0, 0.1) is 0 Å². The van der Waals surface area contributed by atoms with E-state index in [9.17, 15) is 4.79 Å². The lowest BCUT2D eigenvalue weighted by Gasteiger charge is -2.07. The van der Waals surface area contributed by atoms with Gasteiger partial charge in [0.15, 0.2) is 0 Å². The van der Waals surface area contributed by atoms with Gasteiger partial charge < -0.3 is 4.74 Å². The Labute approximate surface area is 95.1 Å². The van der Waals surface area contributed by atoms with E-state index in [-0.39, 0.29) is 18.6 Å². The van der Waals surface area contributed by atoms with Crippen LogP contribution in [0.5, 0.6) is 0 Å². The molecule has 0 unspecified atom stereocenters. The molecule has 88 valence electrons. The van der Waals surface area contributed by atoms with Gasteiger partial charge in [-0.2, -0.15) is 5.10 Å². The van der Waals surface area contributed by atoms with Crippen molar-refractivity contribution in [3.8, 4) is 0 Å². The van der Waals surface area contributed by atoms with Crippen molar-refractivity contribution in [2.75, 3.05) is 13.2 Å². The van der Waals surface area contributed by atoms with Crippen LogP contribution in [-0.4, -0.2) is 35.1 Å². The molecule has 1 rings (SSSR count). The molecule has 1 aromatic rings. The second kappa shape index (κ2) is 6.05. The van der Waals surface area contributed by atoms with E-state index in [1.54, 1.807) is 19.3 Å². The number of esters is 1. The summed E-state index contributed by atoms with van der Waals surface area (Å²) in [6, 6.07) is 2.13. The summed E-state index contributed by atoms with van der Waals surface area (Å²) in [6.45, 7) is 6.29. The summed E-state index contributed by atoms with van der Waals surface area (Å²) in [6.07, 6.45) is 3.36. The molecule has 0 amide bonds. The van der Waals surface area contributed by atoms with Gasteiger partial charge in [0.1, 0.15) is 6.54 Å². The molecule has 0 radical (unpaired) electrons. The Morgan fingerprint density at radius 1 is 1.69 bits per heavy atom. The maximum atomic E-state index is 11.0. The number of aromatic nitrogens is 2. The van der Waals surface area contributed by atoms with E-state index < -0.39 is 0 Å². The van der Waals surface area contributed by atoms with E-state index in [1.807, 2.05) is 24.6 Å². The lowest BCUT2D eigenvalue weighted by Crippen LogP contribution is -2.09. The first-order valence-corrected chi connectivity index (χ1v) is 5.34. The summed E-state index contributed by atoms with van der Waals surface area (Å²) >= 11 is 0. The van der Waals surface area contributed by atoms with Gasteiger partial charge in [-0.3, -0.25) is 14.5 Å². The highest BCUT2D eigenvalue weighted by Crippen LogP contribution is 2.05. The Balaban J connectivity index is 2.56. The molecule has 0 saturated carbocycles. The monoisotopic (exact) mass is 223 g/mol. The van der Waals surface area contributed by atoms with Crippen LogP contribution in [0.25, 0.3) is 0 Å². The van der Waals surface area contributed by atoms with Gasteiger partial charge in [-0.15, -0.1) is 0 Å². The average molecular weight is 223 g/mol. The van der Waals surface area contributed by atoms with Gasteiger partial charge in [-0.25, -0.2) is 0 Å². The molecule has 0 bridgehead atoms. The molecular weight excluding hydrogens is 206 g/mol. The number of aliphatic imine (C=N–C) groups is 1. The summed E-state index contributed by atoms with van der Waals surface area (Å²) in [7, 11) is 0. The quantitative estimate of drug-likeness (QED) is 0.560. The van der Waals surface area contributed by atoms with Crippen molar-refractivity contribution < 1.29 is 9.53 Å². The zero-order valence-corrected chi connectivity index (χ0v) is 9.88. The van der Waals surface area contributed by atoms with E-state index in [0.29, 0.717) is 6.61 Å². The first-order valence-electron chi connectivity index (χ1n) is 5.34. The third kappa shape index (κ3) is 3.49. The van der Waals surface area contributed by atoms with Crippen LogP contribution in [-0.2, 0) is 9.53 Å². The SMILES string of the molecule is CCOC(=O)CN=Cc1ccnn1C(C)C. The van der Waals surface area contributed by atoms with Gasteiger partial charge in [0.2, 0.25) is 0 Å². The number of ether oxygens (including phenoxy) is 1. The molecule has 0 atom stereocenters. The van der Waals surface area contributed by atoms with Crippen LogP contribution in [0.2, 0.25) is 0 Å². The summed E-state index contributed by atoms with van der Waals surface area (Å²) in [5.74, 6) is -0.311. The number of nitrogens with zero attached hydrogens (tertiary/aromatic N) is 3. The summed E-state index contributed by atoms with van der Waals surface area (Å²) in [5, 5.41) is 4.16. The topological polar surface area (TPSA) is 56.5 Å². The maximum Gasteiger partial charge on any atom is 0.327 e. The molecule has 5 nitrogen and oxygen atoms in total. The molecule has 0 aliphatic carbocycles. The second-order valence-corrected chi connectivity index (χ2v) is 3.57. The highest BCUT2D eigenvalue weighted by Gasteiger charge is 2.03. The number of rotatable bonds is 5. The van der Waals surface area contributed by atoms with E-state index in [4.69, 9.17) is 4.74 Å². The first kappa shape index (κ1) is 12.4. The van der Waals surface area contributed by atoms with Gasteiger partial charge in [0.05, 0.1) is 12.3 Å². The summed E-state index contributed by atoms with van der Waals surface area (Å²) < 4.78 is 6.61. The third-order valence-electron chi connectivity index (χ3n) is 1.94. The number of hydrogen-bond donors (Lipinski definition) is 0. The van der Waals surface area contributed by atoms with Crippen molar-refractivity contribution in [1.29, 1.82) is 0 Å². The zero-order chi connectivity index (χ0) is 12.0. The van der Waals surface area contributed by atoms with Crippen LogP contribution in [0.1, 0.15) is 32.5 Å². The largest absolute Gasteiger partial charge is 0.465 e. The van der Waals surface area contributed by atoms with Gasteiger partial charge in [0, 0.05) is 18.5 Å². The van der Waals surface area contributed by atoms with Gasteiger partial charge in [-0.05, 0) is 26.8 Å². The van der Waals surface area contributed by atoms with E-state index in [1.165, 1.54) is 0 Å². The fourth-order valence-corrected chi connectivity index (χ4v) is 1.28. The Morgan fingerprint density at radius 2 is 2.44 bits per heavy atom. The minimum absolute atomic E-state index is 0.0527. The van der Waals surface area contributed by atoms with Crippen LogP contribution in [0.3, 0.4) is 0 Å². The highest BCUT2D eigenvalue weighted by molar-refractivity contribution is 5.80. The summed E-state index contributed by atoms with van der Waals surface area (Å²) in [5.41, 5.74) is 0.888. The van der Waals surface area contributed by atoms with Crippen molar-refractivity contribution in [1.82, 2.24) is 9.78 Å². The molecule has 0 saturated heterocycles. The van der Waals surface area contributed by atoms with E-state index in [0.717, 1.165) is 5.69 Å². The lowest BCUT2D eigenvalue weighted by molar-refractivity contribution is -0.141. The molecule has 0 aromatic carbocycles. The Kier molecular flexibility index (Phi) is 4.69. The lowest BCUT2D eigenvalue weighted by atomic mass is 10.3. The van der Waals surface area contributed by atoms with Crippen molar-refractivity contribution in [3.63, 3.8) is 0 Å². The molecule has 0 N–H and O–H groups in total. The fourth-order valence-electron chi connectivity index (χ4n) is 1.28. The fraction of sp³-hybridized carbons (Fsp3) is 0.545. The molecule has 16 heavy (non-hydrogen) atoms. The molecule has 5 heteroatoms. The second-order valence-electron chi connectivity index (χ2n) is 3.57. The standard InChI is InChI=1S/C11H17N3O2/c1-4-16-11(15)8-12-7-10-5-6-13-14(10)9(2)3/h5-7,9H,4,8H2,1-3H3. The number of carbonyl (C=O) groups is 1. The smallest absolute Gasteiger partial charge is 0.327 e. The van der Waals surface area contributed by atoms with Crippen molar-refractivity contribution in [3.05, 3.63) is 18.0 Å². The number of hydrogen-bond acceptors (Lipinski definition) is 4. The van der Waals surface area contributed by atoms with Crippen molar-refractivity contribution in [2.24, 2.45) is 4.99 Å². The Morgan fingerprint density at radius 3 is 3.06 bits per heavy atom. The van der Waals surface area contributed by atoms with Gasteiger partial charge >= 0.3 is 5.97 Å². The van der Waals surface area contributed by atoms with Crippen molar-refractivity contribution >= 4 is 12.2 Å². The molecule has 0 spiro atoms. The molecule has 0 aliphatic heterocycles.